The highest BCUT2D eigenvalue weighted by Crippen LogP contribution is 2.17. The topological polar surface area (TPSA) is 43.1 Å². The summed E-state index contributed by atoms with van der Waals surface area (Å²) in [5.74, 6) is 0.501. The number of hydrogen-bond donors (Lipinski definition) is 0. The lowest BCUT2D eigenvalue weighted by Crippen LogP contribution is -1.85. The Morgan fingerprint density at radius 1 is 0.952 bits per heavy atom. The Labute approximate surface area is 126 Å². The molecule has 2 aromatic rings. The molecule has 3 nitrogen and oxygen atoms in total. The van der Waals surface area contributed by atoms with Gasteiger partial charge in [0.25, 0.3) is 0 Å². The van der Waals surface area contributed by atoms with Gasteiger partial charge in [-0.05, 0) is 29.5 Å². The molecule has 2 aromatic carbocycles. The Morgan fingerprint density at radius 3 is 1.71 bits per heavy atom. The van der Waals surface area contributed by atoms with E-state index in [1.165, 1.54) is 11.1 Å². The molecule has 0 spiro atoms. The van der Waals surface area contributed by atoms with Gasteiger partial charge in [0.1, 0.15) is 0 Å². The number of allylic oxidation sites excluding steroid dienone is 1. The van der Waals surface area contributed by atoms with Crippen LogP contribution in [0.15, 0.2) is 72.9 Å². The molecule has 0 amide bonds. The first kappa shape index (κ1) is 16.6. The molecule has 0 N–H and O–H groups in total. The Hall–Kier alpha value is -2.42. The first-order chi connectivity index (χ1) is 10.1. The third-order valence-corrected chi connectivity index (χ3v) is 2.72. The summed E-state index contributed by atoms with van der Waals surface area (Å²) in [5, 5.41) is 9.70. The highest BCUT2D eigenvalue weighted by Gasteiger charge is 1.92. The molecular formula is C18H21NO2. The molecule has 110 valence electrons. The molecule has 0 aromatic heterocycles. The van der Waals surface area contributed by atoms with E-state index in [1.807, 2.05) is 26.0 Å². The Kier molecular flexibility index (Phi) is 7.51. The van der Waals surface area contributed by atoms with E-state index in [-0.39, 0.29) is 0 Å². The summed E-state index contributed by atoms with van der Waals surface area (Å²) in [7, 11) is 0. The van der Waals surface area contributed by atoms with Crippen LogP contribution in [0.25, 0.3) is 11.1 Å². The lowest BCUT2D eigenvalue weighted by Gasteiger charge is -1.98. The van der Waals surface area contributed by atoms with Gasteiger partial charge in [-0.15, -0.1) is 0 Å². The molecule has 2 rings (SSSR count). The molecule has 3 heteroatoms. The lowest BCUT2D eigenvalue weighted by atomic mass is 10.1. The molecule has 0 saturated heterocycles. The summed E-state index contributed by atoms with van der Waals surface area (Å²) in [5.41, 5.74) is 2.55. The Bertz CT molecular complexity index is 510. The highest BCUT2D eigenvalue weighted by molar-refractivity contribution is 5.62. The van der Waals surface area contributed by atoms with Gasteiger partial charge in [0, 0.05) is 0 Å². The fourth-order valence-electron chi connectivity index (χ4n) is 1.68. The molecule has 0 aliphatic rings. The molecular weight excluding hydrogens is 262 g/mol. The molecule has 0 bridgehead atoms. The van der Waals surface area contributed by atoms with Crippen molar-refractivity contribution >= 4 is 0 Å². The van der Waals surface area contributed by atoms with Gasteiger partial charge >= 0.3 is 0 Å². The lowest BCUT2D eigenvalue weighted by molar-refractivity contribution is -0.402. The zero-order valence-electron chi connectivity index (χ0n) is 12.5. The fourth-order valence-corrected chi connectivity index (χ4v) is 1.68. The van der Waals surface area contributed by atoms with Gasteiger partial charge in [0.05, 0.1) is 4.92 Å². The van der Waals surface area contributed by atoms with Crippen molar-refractivity contribution in [2.45, 2.75) is 20.3 Å². The number of nitro groups is 1. The van der Waals surface area contributed by atoms with E-state index in [1.54, 1.807) is 6.08 Å². The van der Waals surface area contributed by atoms with Gasteiger partial charge in [-0.1, -0.05) is 74.5 Å². The van der Waals surface area contributed by atoms with Crippen LogP contribution in [0.3, 0.4) is 0 Å². The van der Waals surface area contributed by atoms with E-state index >= 15 is 0 Å². The predicted molar refractivity (Wildman–Crippen MR) is 87.5 cm³/mol. The zero-order chi connectivity index (χ0) is 15.5. The molecule has 0 atom stereocenters. The van der Waals surface area contributed by atoms with Crippen LogP contribution in [0.5, 0.6) is 0 Å². The van der Waals surface area contributed by atoms with Crippen LogP contribution in [-0.2, 0) is 0 Å². The van der Waals surface area contributed by atoms with Crippen molar-refractivity contribution in [2.24, 2.45) is 5.92 Å². The monoisotopic (exact) mass is 283 g/mol. The molecule has 0 aliphatic heterocycles. The van der Waals surface area contributed by atoms with Crippen molar-refractivity contribution in [2.75, 3.05) is 0 Å². The Morgan fingerprint density at radius 2 is 1.38 bits per heavy atom. The van der Waals surface area contributed by atoms with Crippen LogP contribution < -0.4 is 0 Å². The summed E-state index contributed by atoms with van der Waals surface area (Å²) < 4.78 is 0. The quantitative estimate of drug-likeness (QED) is 0.573. The average molecular weight is 283 g/mol. The van der Waals surface area contributed by atoms with Crippen LogP contribution >= 0.6 is 0 Å². The summed E-state index contributed by atoms with van der Waals surface area (Å²) >= 11 is 0. The molecule has 0 heterocycles. The zero-order valence-corrected chi connectivity index (χ0v) is 12.5. The van der Waals surface area contributed by atoms with E-state index in [2.05, 4.69) is 48.5 Å². The van der Waals surface area contributed by atoms with Gasteiger partial charge in [-0.2, -0.15) is 0 Å². The van der Waals surface area contributed by atoms with Gasteiger partial charge < -0.3 is 0 Å². The smallest absolute Gasteiger partial charge is 0.230 e. The maximum Gasteiger partial charge on any atom is 0.230 e. The summed E-state index contributed by atoms with van der Waals surface area (Å²) in [6, 6.07) is 20.8. The normalized spacial score (nSPS) is 10.2. The van der Waals surface area contributed by atoms with Crippen LogP contribution in [0.4, 0.5) is 0 Å². The van der Waals surface area contributed by atoms with Gasteiger partial charge in [-0.3, -0.25) is 10.1 Å². The number of hydrogen-bond acceptors (Lipinski definition) is 2. The van der Waals surface area contributed by atoms with E-state index in [0.717, 1.165) is 12.6 Å². The van der Waals surface area contributed by atoms with E-state index in [4.69, 9.17) is 0 Å². The summed E-state index contributed by atoms with van der Waals surface area (Å²) in [4.78, 5) is 9.26. The summed E-state index contributed by atoms with van der Waals surface area (Å²) in [6.45, 7) is 4.04. The minimum Gasteiger partial charge on any atom is -0.259 e. The number of nitrogens with zero attached hydrogens (tertiary/aromatic N) is 1. The third-order valence-electron chi connectivity index (χ3n) is 2.72. The minimum atomic E-state index is -0.442. The van der Waals surface area contributed by atoms with Crippen molar-refractivity contribution in [1.82, 2.24) is 0 Å². The first-order valence-electron chi connectivity index (χ1n) is 7.00. The minimum absolute atomic E-state index is 0.442. The van der Waals surface area contributed by atoms with E-state index < -0.39 is 4.92 Å². The second kappa shape index (κ2) is 9.48. The van der Waals surface area contributed by atoms with Crippen LogP contribution in [0.2, 0.25) is 0 Å². The maximum absolute atomic E-state index is 9.70. The molecule has 0 unspecified atom stereocenters. The van der Waals surface area contributed by atoms with Gasteiger partial charge in [0.15, 0.2) is 0 Å². The van der Waals surface area contributed by atoms with Crippen molar-refractivity contribution in [1.29, 1.82) is 0 Å². The maximum atomic E-state index is 9.70. The predicted octanol–water partition coefficient (Wildman–Crippen LogP) is 5.18. The standard InChI is InChI=1S/C12H10.C6H11NO2/c1-3-7-11(8-4-1)12-9-5-2-6-10-12;1-6(2)4-3-5-7(8)9/h1-10H;3,5-6H,4H2,1-2H3/b;5-3+. The second-order valence-electron chi connectivity index (χ2n) is 5.03. The fraction of sp³-hybridized carbons (Fsp3) is 0.222. The molecule has 0 radical (unpaired) electrons. The van der Waals surface area contributed by atoms with Gasteiger partial charge in [-0.25, -0.2) is 0 Å². The third kappa shape index (κ3) is 7.67. The second-order valence-corrected chi connectivity index (χ2v) is 5.03. The van der Waals surface area contributed by atoms with Crippen molar-refractivity contribution < 1.29 is 4.92 Å². The highest BCUT2D eigenvalue weighted by atomic mass is 16.6. The first-order valence-corrected chi connectivity index (χ1v) is 7.00. The molecule has 0 aliphatic carbocycles. The summed E-state index contributed by atoms with van der Waals surface area (Å²) in [6.07, 6.45) is 3.34. The molecule has 21 heavy (non-hydrogen) atoms. The van der Waals surface area contributed by atoms with E-state index in [9.17, 15) is 10.1 Å². The van der Waals surface area contributed by atoms with Crippen molar-refractivity contribution in [3.63, 3.8) is 0 Å². The van der Waals surface area contributed by atoms with E-state index in [0.29, 0.717) is 5.92 Å². The van der Waals surface area contributed by atoms with Crippen LogP contribution in [-0.4, -0.2) is 4.92 Å². The number of rotatable bonds is 4. The molecule has 0 saturated carbocycles. The van der Waals surface area contributed by atoms with Gasteiger partial charge in [0.2, 0.25) is 6.20 Å². The largest absolute Gasteiger partial charge is 0.259 e. The average Bonchev–Trinajstić information content (AvgIpc) is 2.49. The Balaban J connectivity index is 0.000000222. The number of benzene rings is 2. The van der Waals surface area contributed by atoms with Crippen LogP contribution in [0.1, 0.15) is 20.3 Å². The molecule has 0 fully saturated rings. The van der Waals surface area contributed by atoms with Crippen LogP contribution in [0, 0.1) is 16.0 Å². The SMILES string of the molecule is CC(C)C/C=C/[N+](=O)[O-].c1ccc(-c2ccccc2)cc1. The van der Waals surface area contributed by atoms with Crippen molar-refractivity contribution in [3.05, 3.63) is 83.1 Å². The van der Waals surface area contributed by atoms with Crippen molar-refractivity contribution in [3.8, 4) is 11.1 Å².